The van der Waals surface area contributed by atoms with Gasteiger partial charge in [0.15, 0.2) is 0 Å². The van der Waals surface area contributed by atoms with Gasteiger partial charge in [-0.2, -0.15) is 0 Å². The highest BCUT2D eigenvalue weighted by atomic mass is 16.6. The van der Waals surface area contributed by atoms with Crippen LogP contribution in [0, 0.1) is 10.1 Å². The Morgan fingerprint density at radius 2 is 2.12 bits per heavy atom. The van der Waals surface area contributed by atoms with E-state index >= 15 is 0 Å². The first-order valence-electron chi connectivity index (χ1n) is 4.62. The van der Waals surface area contributed by atoms with Crippen LogP contribution in [0.25, 0.3) is 6.08 Å². The summed E-state index contributed by atoms with van der Waals surface area (Å²) in [5.41, 5.74) is -0.698. The second-order valence-electron chi connectivity index (χ2n) is 3.57. The zero-order valence-corrected chi connectivity index (χ0v) is 9.38. The highest BCUT2D eigenvalue weighted by Gasteiger charge is 2.18. The van der Waals surface area contributed by atoms with Crippen molar-refractivity contribution < 1.29 is 4.92 Å². The summed E-state index contributed by atoms with van der Waals surface area (Å²) >= 11 is 0. The zero-order chi connectivity index (χ0) is 12.3. The third kappa shape index (κ3) is 2.47. The van der Waals surface area contributed by atoms with E-state index in [9.17, 15) is 14.9 Å². The van der Waals surface area contributed by atoms with Gasteiger partial charge in [0.1, 0.15) is 0 Å². The maximum absolute atomic E-state index is 11.5. The molecule has 0 N–H and O–H groups in total. The molecular formula is C10H13N3O3. The largest absolute Gasteiger partial charge is 0.383 e. The summed E-state index contributed by atoms with van der Waals surface area (Å²) in [6, 6.07) is 1.54. The molecule has 0 bridgehead atoms. The second kappa shape index (κ2) is 4.61. The molecule has 16 heavy (non-hydrogen) atoms. The van der Waals surface area contributed by atoms with E-state index in [0.29, 0.717) is 5.56 Å². The van der Waals surface area contributed by atoms with Crippen LogP contribution in [0.1, 0.15) is 5.56 Å². The molecule has 0 amide bonds. The predicted molar refractivity (Wildman–Crippen MR) is 61.1 cm³/mol. The van der Waals surface area contributed by atoms with Crippen molar-refractivity contribution in [1.82, 2.24) is 9.47 Å². The van der Waals surface area contributed by atoms with Crippen LogP contribution in [0.15, 0.2) is 23.3 Å². The van der Waals surface area contributed by atoms with Gasteiger partial charge in [-0.05, 0) is 18.3 Å². The first kappa shape index (κ1) is 12.0. The van der Waals surface area contributed by atoms with Gasteiger partial charge in [-0.3, -0.25) is 14.9 Å². The molecule has 0 radical (unpaired) electrons. The fraction of sp³-hybridized carbons (Fsp3) is 0.300. The van der Waals surface area contributed by atoms with E-state index in [2.05, 4.69) is 0 Å². The molecule has 6 nitrogen and oxygen atoms in total. The van der Waals surface area contributed by atoms with Crippen LogP contribution in [-0.4, -0.2) is 28.5 Å². The number of hydrogen-bond acceptors (Lipinski definition) is 4. The summed E-state index contributed by atoms with van der Waals surface area (Å²) in [5, 5.41) is 10.8. The molecule has 0 unspecified atom stereocenters. The molecule has 1 heterocycles. The van der Waals surface area contributed by atoms with Crippen LogP contribution < -0.4 is 5.56 Å². The Morgan fingerprint density at radius 1 is 1.50 bits per heavy atom. The monoisotopic (exact) mass is 223 g/mol. The number of aromatic nitrogens is 1. The van der Waals surface area contributed by atoms with E-state index in [1.165, 1.54) is 17.8 Å². The lowest BCUT2D eigenvalue weighted by Crippen LogP contribution is -2.20. The number of aryl methyl sites for hydroxylation is 1. The lowest BCUT2D eigenvalue weighted by molar-refractivity contribution is -0.386. The van der Waals surface area contributed by atoms with Crippen LogP contribution in [0.2, 0.25) is 0 Å². The van der Waals surface area contributed by atoms with Crippen LogP contribution >= 0.6 is 0 Å². The first-order valence-corrected chi connectivity index (χ1v) is 4.62. The van der Waals surface area contributed by atoms with Gasteiger partial charge in [-0.25, -0.2) is 0 Å². The molecule has 0 aromatic carbocycles. The minimum absolute atomic E-state index is 0.307. The Balaban J connectivity index is 3.35. The summed E-state index contributed by atoms with van der Waals surface area (Å²) in [6.07, 6.45) is 4.70. The average molecular weight is 223 g/mol. The summed E-state index contributed by atoms with van der Waals surface area (Å²) in [7, 11) is 5.07. The van der Waals surface area contributed by atoms with Crippen molar-refractivity contribution >= 4 is 11.8 Å². The number of nitro groups is 1. The fourth-order valence-corrected chi connectivity index (χ4v) is 1.18. The van der Waals surface area contributed by atoms with Crippen molar-refractivity contribution in [2.75, 3.05) is 14.1 Å². The molecule has 86 valence electrons. The summed E-state index contributed by atoms with van der Waals surface area (Å²) in [4.78, 5) is 23.4. The molecule has 1 rings (SSSR count). The van der Waals surface area contributed by atoms with E-state index in [1.54, 1.807) is 37.3 Å². The third-order valence-electron chi connectivity index (χ3n) is 2.01. The van der Waals surface area contributed by atoms with E-state index in [0.717, 1.165) is 0 Å². The van der Waals surface area contributed by atoms with Crippen molar-refractivity contribution in [3.05, 3.63) is 44.5 Å². The average Bonchev–Trinajstić information content (AvgIpc) is 2.19. The van der Waals surface area contributed by atoms with Crippen LogP contribution in [-0.2, 0) is 7.05 Å². The molecule has 0 saturated heterocycles. The predicted octanol–water partition coefficient (Wildman–Crippen LogP) is 0.826. The first-order chi connectivity index (χ1) is 7.43. The van der Waals surface area contributed by atoms with Gasteiger partial charge in [-0.1, -0.05) is 0 Å². The molecule has 0 spiro atoms. The standard InChI is InChI=1S/C10H13N3O3/c1-11(2)6-4-8-5-7-12(3)10(14)9(8)13(15)16/h4-7H,1-3H3/b6-4+. The number of nitrogens with zero attached hydrogens (tertiary/aromatic N) is 3. The highest BCUT2D eigenvalue weighted by molar-refractivity contribution is 5.59. The van der Waals surface area contributed by atoms with Crippen molar-refractivity contribution in [3.63, 3.8) is 0 Å². The summed E-state index contributed by atoms with van der Waals surface area (Å²) in [6.45, 7) is 0. The molecule has 0 aliphatic carbocycles. The number of pyridine rings is 1. The Morgan fingerprint density at radius 3 is 2.62 bits per heavy atom. The molecule has 0 aliphatic rings. The molecule has 0 fully saturated rings. The Kier molecular flexibility index (Phi) is 3.44. The van der Waals surface area contributed by atoms with Crippen molar-refractivity contribution in [2.45, 2.75) is 0 Å². The van der Waals surface area contributed by atoms with E-state index < -0.39 is 16.2 Å². The van der Waals surface area contributed by atoms with Crippen molar-refractivity contribution in [3.8, 4) is 0 Å². The van der Waals surface area contributed by atoms with Crippen molar-refractivity contribution in [1.29, 1.82) is 0 Å². The van der Waals surface area contributed by atoms with Gasteiger partial charge in [0.2, 0.25) is 0 Å². The quantitative estimate of drug-likeness (QED) is 0.562. The molecule has 6 heteroatoms. The maximum atomic E-state index is 11.5. The molecular weight excluding hydrogens is 210 g/mol. The third-order valence-corrected chi connectivity index (χ3v) is 2.01. The minimum Gasteiger partial charge on any atom is -0.383 e. The highest BCUT2D eigenvalue weighted by Crippen LogP contribution is 2.14. The SMILES string of the molecule is CN(C)/C=C/c1ccn(C)c(=O)c1[N+](=O)[O-]. The lowest BCUT2D eigenvalue weighted by Gasteiger charge is -2.04. The van der Waals surface area contributed by atoms with E-state index in [-0.39, 0.29) is 0 Å². The topological polar surface area (TPSA) is 68.4 Å². The Labute approximate surface area is 92.6 Å². The Bertz CT molecular complexity index is 489. The van der Waals surface area contributed by atoms with Crippen molar-refractivity contribution in [2.24, 2.45) is 7.05 Å². The van der Waals surface area contributed by atoms with Gasteiger partial charge < -0.3 is 9.47 Å². The second-order valence-corrected chi connectivity index (χ2v) is 3.57. The van der Waals surface area contributed by atoms with Gasteiger partial charge in [0.05, 0.1) is 10.5 Å². The molecule has 0 aliphatic heterocycles. The summed E-state index contributed by atoms with van der Waals surface area (Å²) < 4.78 is 1.19. The molecule has 1 aromatic rings. The zero-order valence-electron chi connectivity index (χ0n) is 9.38. The van der Waals surface area contributed by atoms with Crippen LogP contribution in [0.5, 0.6) is 0 Å². The number of rotatable bonds is 3. The van der Waals surface area contributed by atoms with Gasteiger partial charge >= 0.3 is 11.2 Å². The normalized spacial score (nSPS) is 10.7. The molecule has 1 aromatic heterocycles. The van der Waals surface area contributed by atoms with Crippen LogP contribution in [0.4, 0.5) is 5.69 Å². The lowest BCUT2D eigenvalue weighted by atomic mass is 10.2. The number of hydrogen-bond donors (Lipinski definition) is 0. The smallest absolute Gasteiger partial charge is 0.341 e. The van der Waals surface area contributed by atoms with Gasteiger partial charge in [-0.15, -0.1) is 0 Å². The maximum Gasteiger partial charge on any atom is 0.341 e. The Hall–Kier alpha value is -2.11. The molecule has 0 atom stereocenters. The van der Waals surface area contributed by atoms with Gasteiger partial charge in [0, 0.05) is 27.3 Å². The minimum atomic E-state index is -0.655. The van der Waals surface area contributed by atoms with Crippen LogP contribution in [0.3, 0.4) is 0 Å². The van der Waals surface area contributed by atoms with E-state index in [1.807, 2.05) is 0 Å². The fourth-order valence-electron chi connectivity index (χ4n) is 1.18. The summed E-state index contributed by atoms with van der Waals surface area (Å²) in [5.74, 6) is 0. The molecule has 0 saturated carbocycles. The van der Waals surface area contributed by atoms with E-state index in [4.69, 9.17) is 0 Å². The van der Waals surface area contributed by atoms with Gasteiger partial charge in [0.25, 0.3) is 0 Å².